The Kier molecular flexibility index (Phi) is 5.65. The van der Waals surface area contributed by atoms with Crippen molar-refractivity contribution in [2.45, 2.75) is 63.8 Å². The Morgan fingerprint density at radius 3 is 2.54 bits per heavy atom. The summed E-state index contributed by atoms with van der Waals surface area (Å²) in [7, 11) is 0. The van der Waals surface area contributed by atoms with Gasteiger partial charge in [0.25, 0.3) is 0 Å². The number of aliphatic hydroxyl groups is 1. The normalized spacial score (nSPS) is 30.5. The minimum atomic E-state index is -1.14. The summed E-state index contributed by atoms with van der Waals surface area (Å²) in [6, 6.07) is -0.905. The maximum atomic E-state index is 12.8. The third-order valence-corrected chi connectivity index (χ3v) is 4.49. The van der Waals surface area contributed by atoms with E-state index in [4.69, 9.17) is 9.47 Å². The molecule has 8 nitrogen and oxygen atoms in total. The van der Waals surface area contributed by atoms with Gasteiger partial charge in [-0.15, -0.1) is 6.58 Å². The Bertz CT molecular complexity index is 599. The monoisotopic (exact) mass is 368 g/mol. The molecule has 1 saturated carbocycles. The summed E-state index contributed by atoms with van der Waals surface area (Å²) in [6.45, 7) is 10.7. The molecule has 0 radical (unpaired) electrons. The largest absolute Gasteiger partial charge is 0.464 e. The summed E-state index contributed by atoms with van der Waals surface area (Å²) >= 11 is 0. The van der Waals surface area contributed by atoms with E-state index >= 15 is 0 Å². The first-order chi connectivity index (χ1) is 12.0. The molecule has 2 amide bonds. The standard InChI is InChI=1S/C18H28N2O6/c1-6-11-9-18(11,15(23)25-7-2)19-14(22)13-8-12(21)10-20(13)16(24)26-17(3,4)5/h6,11-13,21H,1,7-10H2,2-5H3,(H,19,22)/t11-,12-,13+,18-/m1/s1. The van der Waals surface area contributed by atoms with Gasteiger partial charge < -0.3 is 19.9 Å². The maximum Gasteiger partial charge on any atom is 0.411 e. The second-order valence-electron chi connectivity index (χ2n) is 7.77. The van der Waals surface area contributed by atoms with E-state index in [9.17, 15) is 19.5 Å². The number of β-amino-alcohol motifs (C(OH)–C–C–N with tert-alkyl or cyclic N) is 1. The molecule has 1 heterocycles. The van der Waals surface area contributed by atoms with E-state index in [2.05, 4.69) is 11.9 Å². The molecular weight excluding hydrogens is 340 g/mol. The molecule has 2 N–H and O–H groups in total. The second-order valence-corrected chi connectivity index (χ2v) is 7.77. The van der Waals surface area contributed by atoms with Crippen molar-refractivity contribution < 1.29 is 29.0 Å². The van der Waals surface area contributed by atoms with E-state index in [-0.39, 0.29) is 25.5 Å². The Hall–Kier alpha value is -2.09. The van der Waals surface area contributed by atoms with Gasteiger partial charge in [-0.2, -0.15) is 0 Å². The molecule has 2 fully saturated rings. The lowest BCUT2D eigenvalue weighted by atomic mass is 10.1. The lowest BCUT2D eigenvalue weighted by Crippen LogP contribution is -2.53. The highest BCUT2D eigenvalue weighted by Crippen LogP contribution is 2.45. The molecule has 1 aliphatic heterocycles. The van der Waals surface area contributed by atoms with E-state index in [1.807, 2.05) is 0 Å². The Balaban J connectivity index is 2.12. The number of nitrogens with zero attached hydrogens (tertiary/aromatic N) is 1. The van der Waals surface area contributed by atoms with Gasteiger partial charge in [-0.3, -0.25) is 9.69 Å². The van der Waals surface area contributed by atoms with Gasteiger partial charge in [0.1, 0.15) is 17.2 Å². The highest BCUT2D eigenvalue weighted by atomic mass is 16.6. The fraction of sp³-hybridized carbons (Fsp3) is 0.722. The van der Waals surface area contributed by atoms with Gasteiger partial charge >= 0.3 is 12.1 Å². The smallest absolute Gasteiger partial charge is 0.411 e. The molecule has 0 spiro atoms. The Labute approximate surface area is 153 Å². The molecule has 0 unspecified atom stereocenters. The SMILES string of the molecule is C=C[C@@H]1C[C@]1(NC(=O)[C@@H]1C[C@@H](O)CN1C(=O)OC(C)(C)C)C(=O)OCC. The number of esters is 1. The number of ether oxygens (including phenoxy) is 2. The van der Waals surface area contributed by atoms with Crippen LogP contribution < -0.4 is 5.32 Å². The molecule has 4 atom stereocenters. The molecule has 26 heavy (non-hydrogen) atoms. The number of likely N-dealkylation sites (tertiary alicyclic amines) is 1. The van der Waals surface area contributed by atoms with Crippen molar-refractivity contribution in [2.75, 3.05) is 13.2 Å². The van der Waals surface area contributed by atoms with Crippen LogP contribution in [0, 0.1) is 5.92 Å². The molecule has 0 aromatic rings. The number of hydrogen-bond acceptors (Lipinski definition) is 6. The first-order valence-corrected chi connectivity index (χ1v) is 8.83. The lowest BCUT2D eigenvalue weighted by Gasteiger charge is -2.29. The number of carbonyl (C=O) groups is 3. The van der Waals surface area contributed by atoms with E-state index in [0.717, 1.165) is 0 Å². The zero-order valence-corrected chi connectivity index (χ0v) is 15.8. The molecule has 0 bridgehead atoms. The number of hydrogen-bond donors (Lipinski definition) is 2. The van der Waals surface area contributed by atoms with Crippen LogP contribution >= 0.6 is 0 Å². The summed E-state index contributed by atoms with van der Waals surface area (Å²) in [5, 5.41) is 12.7. The highest BCUT2D eigenvalue weighted by molar-refractivity contribution is 5.95. The zero-order valence-electron chi connectivity index (χ0n) is 15.8. The van der Waals surface area contributed by atoms with Crippen LogP contribution in [0.2, 0.25) is 0 Å². The van der Waals surface area contributed by atoms with Crippen molar-refractivity contribution in [1.29, 1.82) is 0 Å². The number of nitrogens with one attached hydrogen (secondary N) is 1. The van der Waals surface area contributed by atoms with E-state index < -0.39 is 41.3 Å². The molecule has 1 saturated heterocycles. The fourth-order valence-electron chi connectivity index (χ4n) is 3.15. The van der Waals surface area contributed by atoms with E-state index in [1.54, 1.807) is 33.8 Å². The van der Waals surface area contributed by atoms with Gasteiger partial charge in [-0.05, 0) is 34.1 Å². The van der Waals surface area contributed by atoms with Crippen LogP contribution in [-0.4, -0.2) is 64.4 Å². The highest BCUT2D eigenvalue weighted by Gasteiger charge is 2.62. The lowest BCUT2D eigenvalue weighted by molar-refractivity contribution is -0.149. The van der Waals surface area contributed by atoms with Gasteiger partial charge in [0.05, 0.1) is 19.3 Å². The first-order valence-electron chi connectivity index (χ1n) is 8.83. The Morgan fingerprint density at radius 1 is 1.38 bits per heavy atom. The quantitative estimate of drug-likeness (QED) is 0.554. The average molecular weight is 368 g/mol. The molecule has 2 rings (SSSR count). The summed E-state index contributed by atoms with van der Waals surface area (Å²) in [5.41, 5.74) is -1.86. The van der Waals surface area contributed by atoms with Crippen LogP contribution in [0.25, 0.3) is 0 Å². The van der Waals surface area contributed by atoms with Crippen molar-refractivity contribution in [3.05, 3.63) is 12.7 Å². The van der Waals surface area contributed by atoms with Crippen molar-refractivity contribution in [3.8, 4) is 0 Å². The van der Waals surface area contributed by atoms with Crippen LogP contribution in [0.1, 0.15) is 40.5 Å². The predicted molar refractivity (Wildman–Crippen MR) is 93.2 cm³/mol. The van der Waals surface area contributed by atoms with Crippen LogP contribution in [0.15, 0.2) is 12.7 Å². The van der Waals surface area contributed by atoms with Crippen molar-refractivity contribution in [2.24, 2.45) is 5.92 Å². The van der Waals surface area contributed by atoms with E-state index in [0.29, 0.717) is 6.42 Å². The maximum absolute atomic E-state index is 12.8. The summed E-state index contributed by atoms with van der Waals surface area (Å²) < 4.78 is 10.4. The summed E-state index contributed by atoms with van der Waals surface area (Å²) in [6.07, 6.45) is 0.597. The summed E-state index contributed by atoms with van der Waals surface area (Å²) in [4.78, 5) is 38.6. The molecule has 8 heteroatoms. The third-order valence-electron chi connectivity index (χ3n) is 4.49. The number of amides is 2. The molecule has 1 aliphatic carbocycles. The third kappa shape index (κ3) is 4.17. The zero-order chi connectivity index (χ0) is 19.7. The Morgan fingerprint density at radius 2 is 2.04 bits per heavy atom. The first kappa shape index (κ1) is 20.2. The van der Waals surface area contributed by atoms with Crippen molar-refractivity contribution in [3.63, 3.8) is 0 Å². The topological polar surface area (TPSA) is 105 Å². The van der Waals surface area contributed by atoms with Gasteiger partial charge in [0.2, 0.25) is 5.91 Å². The number of carbonyl (C=O) groups excluding carboxylic acids is 3. The van der Waals surface area contributed by atoms with E-state index in [1.165, 1.54) is 4.90 Å². The van der Waals surface area contributed by atoms with Gasteiger partial charge in [0, 0.05) is 12.3 Å². The van der Waals surface area contributed by atoms with Crippen LogP contribution in [0.5, 0.6) is 0 Å². The molecule has 2 aliphatic rings. The van der Waals surface area contributed by atoms with Gasteiger partial charge in [0.15, 0.2) is 0 Å². The van der Waals surface area contributed by atoms with Crippen LogP contribution in [0.4, 0.5) is 4.79 Å². The number of rotatable bonds is 5. The van der Waals surface area contributed by atoms with Crippen molar-refractivity contribution >= 4 is 18.0 Å². The predicted octanol–water partition coefficient (Wildman–Crippen LogP) is 0.981. The molecule has 0 aromatic heterocycles. The van der Waals surface area contributed by atoms with Gasteiger partial charge in [-0.25, -0.2) is 9.59 Å². The number of aliphatic hydroxyl groups excluding tert-OH is 1. The summed E-state index contributed by atoms with van der Waals surface area (Å²) in [5.74, 6) is -1.24. The second kappa shape index (κ2) is 7.26. The minimum Gasteiger partial charge on any atom is -0.464 e. The van der Waals surface area contributed by atoms with Crippen LogP contribution in [-0.2, 0) is 19.1 Å². The van der Waals surface area contributed by atoms with Crippen LogP contribution in [0.3, 0.4) is 0 Å². The molecular formula is C18H28N2O6. The van der Waals surface area contributed by atoms with Crippen molar-refractivity contribution in [1.82, 2.24) is 10.2 Å². The minimum absolute atomic E-state index is 0.00426. The fourth-order valence-corrected chi connectivity index (χ4v) is 3.15. The van der Waals surface area contributed by atoms with Gasteiger partial charge in [-0.1, -0.05) is 6.08 Å². The average Bonchev–Trinajstić information content (AvgIpc) is 3.09. The molecule has 0 aromatic carbocycles. The molecule has 146 valence electrons.